The van der Waals surface area contributed by atoms with Gasteiger partial charge in [-0.25, -0.2) is 4.98 Å². The monoisotopic (exact) mass is 278 g/mol. The number of pyridine rings is 1. The first-order chi connectivity index (χ1) is 5.24. The van der Waals surface area contributed by atoms with Gasteiger partial charge < -0.3 is 0 Å². The molecule has 1 aromatic rings. The number of hydrogen-bond acceptors (Lipinski definition) is 3. The van der Waals surface area contributed by atoms with Crippen LogP contribution in [-0.4, -0.2) is 10.9 Å². The molecule has 0 saturated heterocycles. The molecule has 0 saturated carbocycles. The van der Waals surface area contributed by atoms with Crippen LogP contribution >= 0.6 is 22.6 Å². The zero-order valence-corrected chi connectivity index (χ0v) is 8.29. The van der Waals surface area contributed by atoms with Crippen molar-refractivity contribution >= 4 is 40.9 Å². The average molecular weight is 278 g/mol. The van der Waals surface area contributed by atoms with Crippen LogP contribution in [0.25, 0.3) is 0 Å². The first kappa shape index (κ1) is 8.66. The van der Waals surface area contributed by atoms with Gasteiger partial charge in [-0.1, -0.05) is 0 Å². The van der Waals surface area contributed by atoms with Gasteiger partial charge >= 0.3 is 0 Å². The van der Waals surface area contributed by atoms with E-state index in [0.717, 1.165) is 3.70 Å². The minimum absolute atomic E-state index is 0.413. The normalized spacial score (nSPS) is 9.18. The third kappa shape index (κ3) is 2.26. The summed E-state index contributed by atoms with van der Waals surface area (Å²) in [6.07, 6.45) is 1.46. The number of carbonyl (C=O) groups is 1. The molecular formula is C6H3IN2OS. The van der Waals surface area contributed by atoms with Gasteiger partial charge in [-0.15, -0.1) is 4.36 Å². The van der Waals surface area contributed by atoms with Crippen LogP contribution in [0.5, 0.6) is 0 Å². The van der Waals surface area contributed by atoms with Crippen molar-refractivity contribution in [3.05, 3.63) is 27.6 Å². The van der Waals surface area contributed by atoms with E-state index in [1.807, 2.05) is 0 Å². The van der Waals surface area contributed by atoms with Crippen LogP contribution in [0.3, 0.4) is 0 Å². The van der Waals surface area contributed by atoms with E-state index in [1.165, 1.54) is 6.20 Å². The quantitative estimate of drug-likeness (QED) is 0.578. The van der Waals surface area contributed by atoms with Gasteiger partial charge in [0.25, 0.3) is 5.91 Å². The molecule has 0 atom stereocenters. The third-order valence-electron chi connectivity index (χ3n) is 1.06. The highest BCUT2D eigenvalue weighted by atomic mass is 127. The van der Waals surface area contributed by atoms with Gasteiger partial charge in [0, 0.05) is 18.6 Å². The first-order valence-corrected chi connectivity index (χ1v) is 4.17. The summed E-state index contributed by atoms with van der Waals surface area (Å²) in [5.74, 6) is -0.413. The number of hydrogen-bond donors (Lipinski definition) is 0. The lowest BCUT2D eigenvalue weighted by molar-refractivity contribution is 0.101. The predicted molar refractivity (Wildman–Crippen MR) is 51.1 cm³/mol. The second kappa shape index (κ2) is 3.82. The van der Waals surface area contributed by atoms with Crippen LogP contribution < -0.4 is 0 Å². The summed E-state index contributed by atoms with van der Waals surface area (Å²) in [6, 6.07) is 3.38. The van der Waals surface area contributed by atoms with Crippen LogP contribution in [0.4, 0.5) is 0 Å². The molecule has 1 aromatic heterocycles. The van der Waals surface area contributed by atoms with Crippen molar-refractivity contribution in [3.8, 4) is 0 Å². The molecule has 5 heteroatoms. The zero-order valence-electron chi connectivity index (χ0n) is 5.32. The number of aromatic nitrogens is 1. The Hall–Kier alpha value is -0.430. The maximum atomic E-state index is 10.8. The van der Waals surface area contributed by atoms with Gasteiger partial charge in [0.2, 0.25) is 0 Å². The lowest BCUT2D eigenvalue weighted by atomic mass is 10.3. The van der Waals surface area contributed by atoms with E-state index in [4.69, 9.17) is 0 Å². The van der Waals surface area contributed by atoms with Gasteiger partial charge in [-0.3, -0.25) is 4.79 Å². The Kier molecular flexibility index (Phi) is 3.01. The van der Waals surface area contributed by atoms with E-state index in [2.05, 4.69) is 44.4 Å². The summed E-state index contributed by atoms with van der Waals surface area (Å²) in [6.45, 7) is 0. The molecule has 1 rings (SSSR count). The lowest BCUT2D eigenvalue weighted by Gasteiger charge is -1.91. The average Bonchev–Trinajstić information content (AvgIpc) is 2.05. The minimum atomic E-state index is -0.413. The van der Waals surface area contributed by atoms with Crippen molar-refractivity contribution in [3.63, 3.8) is 0 Å². The van der Waals surface area contributed by atoms with Crippen molar-refractivity contribution in [1.82, 2.24) is 4.98 Å². The van der Waals surface area contributed by atoms with Gasteiger partial charge in [-0.05, 0) is 34.7 Å². The molecule has 0 bridgehead atoms. The van der Waals surface area contributed by atoms with Gasteiger partial charge in [0.1, 0.15) is 3.70 Å². The molecular weight excluding hydrogens is 275 g/mol. The summed E-state index contributed by atoms with van der Waals surface area (Å²) in [4.78, 5) is 14.7. The molecule has 0 radical (unpaired) electrons. The maximum absolute atomic E-state index is 10.8. The molecule has 11 heavy (non-hydrogen) atoms. The minimum Gasteiger partial charge on any atom is -0.266 e. The van der Waals surface area contributed by atoms with Gasteiger partial charge in [0.05, 0.1) is 5.56 Å². The molecule has 0 spiro atoms. The van der Waals surface area contributed by atoms with Crippen molar-refractivity contribution in [2.24, 2.45) is 4.36 Å². The molecule has 56 valence electrons. The standard InChI is InChI=1S/C6H3IN2OS/c7-5-2-1-4(3-8-5)6(10)9-11/h1-3H. The van der Waals surface area contributed by atoms with Crippen LogP contribution in [0, 0.1) is 3.70 Å². The fourth-order valence-corrected chi connectivity index (χ4v) is 0.979. The highest BCUT2D eigenvalue weighted by molar-refractivity contribution is 14.1. The summed E-state index contributed by atoms with van der Waals surface area (Å²) in [5.41, 5.74) is 0.431. The summed E-state index contributed by atoms with van der Waals surface area (Å²) in [5, 5.41) is 0. The lowest BCUT2D eigenvalue weighted by Crippen LogP contribution is -1.94. The highest BCUT2D eigenvalue weighted by Crippen LogP contribution is 2.03. The van der Waals surface area contributed by atoms with E-state index in [0.29, 0.717) is 5.56 Å². The number of amides is 1. The molecule has 0 aliphatic heterocycles. The molecule has 0 aliphatic rings. The molecule has 0 aromatic carbocycles. The molecule has 0 fully saturated rings. The second-order valence-corrected chi connectivity index (χ2v) is 3.05. The first-order valence-electron chi connectivity index (χ1n) is 2.73. The Labute approximate surface area is 82.5 Å². The van der Waals surface area contributed by atoms with Crippen LogP contribution in [0.1, 0.15) is 10.4 Å². The van der Waals surface area contributed by atoms with Crippen molar-refractivity contribution in [1.29, 1.82) is 0 Å². The Morgan fingerprint density at radius 2 is 2.36 bits per heavy atom. The van der Waals surface area contributed by atoms with E-state index in [9.17, 15) is 4.79 Å². The Morgan fingerprint density at radius 3 is 2.82 bits per heavy atom. The Morgan fingerprint density at radius 1 is 1.64 bits per heavy atom. The number of carbonyl (C=O) groups excluding carboxylic acids is 1. The summed E-state index contributed by atoms with van der Waals surface area (Å²) >= 11 is 6.29. The number of rotatable bonds is 1. The molecule has 1 amide bonds. The Bertz CT molecular complexity index is 285. The van der Waals surface area contributed by atoms with Crippen LogP contribution in [0.2, 0.25) is 0 Å². The van der Waals surface area contributed by atoms with Crippen molar-refractivity contribution in [2.45, 2.75) is 0 Å². The molecule has 1 heterocycles. The van der Waals surface area contributed by atoms with Gasteiger partial charge in [-0.2, -0.15) is 0 Å². The SMILES string of the molecule is O=C(N=S)c1ccc(I)nc1. The second-order valence-electron chi connectivity index (χ2n) is 1.77. The number of halogens is 1. The molecule has 0 N–H and O–H groups in total. The third-order valence-corrected chi connectivity index (χ3v) is 1.86. The van der Waals surface area contributed by atoms with E-state index < -0.39 is 5.91 Å². The number of nitrogens with zero attached hydrogens (tertiary/aromatic N) is 2. The largest absolute Gasteiger partial charge is 0.289 e. The van der Waals surface area contributed by atoms with E-state index in [-0.39, 0.29) is 0 Å². The smallest absolute Gasteiger partial charge is 0.266 e. The topological polar surface area (TPSA) is 42.3 Å². The summed E-state index contributed by atoms with van der Waals surface area (Å²) < 4.78 is 3.93. The van der Waals surface area contributed by atoms with Crippen molar-refractivity contribution in [2.75, 3.05) is 0 Å². The van der Waals surface area contributed by atoms with E-state index in [1.54, 1.807) is 12.1 Å². The fourth-order valence-electron chi connectivity index (χ4n) is 0.555. The maximum Gasteiger partial charge on any atom is 0.289 e. The van der Waals surface area contributed by atoms with Crippen LogP contribution in [-0.2, 0) is 12.4 Å². The zero-order chi connectivity index (χ0) is 8.27. The predicted octanol–water partition coefficient (Wildman–Crippen LogP) is 1.56. The van der Waals surface area contributed by atoms with Crippen molar-refractivity contribution < 1.29 is 4.79 Å². The molecule has 3 nitrogen and oxygen atoms in total. The van der Waals surface area contributed by atoms with Crippen LogP contribution in [0.15, 0.2) is 22.7 Å². The Balaban J connectivity index is 2.98. The molecule has 0 aliphatic carbocycles. The van der Waals surface area contributed by atoms with E-state index >= 15 is 0 Å². The summed E-state index contributed by atoms with van der Waals surface area (Å²) in [7, 11) is 0. The fraction of sp³-hybridized carbons (Fsp3) is 0. The van der Waals surface area contributed by atoms with Gasteiger partial charge in [0.15, 0.2) is 0 Å². The molecule has 0 unspecified atom stereocenters. The highest BCUT2D eigenvalue weighted by Gasteiger charge is 2.01.